The molecule has 4 rings (SSSR count). The number of hydrogen-bond donors (Lipinski definition) is 1. The highest BCUT2D eigenvalue weighted by atomic mass is 32.2. The molecule has 34 heavy (non-hydrogen) atoms. The summed E-state index contributed by atoms with van der Waals surface area (Å²) in [7, 11) is 3.15. The van der Waals surface area contributed by atoms with Crippen LogP contribution in [0.15, 0.2) is 57.8 Å². The van der Waals surface area contributed by atoms with Gasteiger partial charge in [0.25, 0.3) is 5.56 Å². The number of methoxy groups -OCH3 is 2. The zero-order valence-corrected chi connectivity index (χ0v) is 21.0. The van der Waals surface area contributed by atoms with Gasteiger partial charge in [0.15, 0.2) is 16.7 Å². The van der Waals surface area contributed by atoms with E-state index >= 15 is 0 Å². The van der Waals surface area contributed by atoms with Crippen LogP contribution in [0.1, 0.15) is 16.7 Å². The van der Waals surface area contributed by atoms with Crippen LogP contribution in [-0.4, -0.2) is 35.4 Å². The summed E-state index contributed by atoms with van der Waals surface area (Å²) in [5.74, 6) is 1.20. The van der Waals surface area contributed by atoms with Gasteiger partial charge >= 0.3 is 0 Å². The van der Waals surface area contributed by atoms with Crippen LogP contribution in [0.2, 0.25) is 0 Å². The van der Waals surface area contributed by atoms with E-state index in [-0.39, 0.29) is 17.2 Å². The fraction of sp³-hybridized carbons (Fsp3) is 0.240. The average molecular weight is 496 g/mol. The first-order valence-electron chi connectivity index (χ1n) is 10.6. The number of ether oxygens (including phenoxy) is 2. The van der Waals surface area contributed by atoms with Gasteiger partial charge in [-0.2, -0.15) is 0 Å². The fourth-order valence-corrected chi connectivity index (χ4v) is 5.23. The van der Waals surface area contributed by atoms with Gasteiger partial charge in [-0.05, 0) is 54.6 Å². The van der Waals surface area contributed by atoms with E-state index in [0.29, 0.717) is 33.4 Å². The Hall–Kier alpha value is -3.30. The third-order valence-electron chi connectivity index (χ3n) is 5.31. The quantitative estimate of drug-likeness (QED) is 0.287. The number of benzene rings is 2. The lowest BCUT2D eigenvalue weighted by Crippen LogP contribution is -2.26. The molecule has 0 aliphatic heterocycles. The summed E-state index contributed by atoms with van der Waals surface area (Å²) >= 11 is 2.62. The van der Waals surface area contributed by atoms with Gasteiger partial charge < -0.3 is 14.8 Å². The fourth-order valence-electron chi connectivity index (χ4n) is 3.63. The molecule has 2 aromatic heterocycles. The van der Waals surface area contributed by atoms with Crippen molar-refractivity contribution in [1.82, 2.24) is 14.9 Å². The highest BCUT2D eigenvalue weighted by Gasteiger charge is 2.17. The summed E-state index contributed by atoms with van der Waals surface area (Å²) in [5, 5.41) is 5.26. The van der Waals surface area contributed by atoms with Gasteiger partial charge in [0, 0.05) is 6.54 Å². The Morgan fingerprint density at radius 3 is 2.62 bits per heavy atom. The molecule has 4 aromatic rings. The van der Waals surface area contributed by atoms with Gasteiger partial charge in [-0.3, -0.25) is 14.2 Å². The van der Waals surface area contributed by atoms with Crippen LogP contribution in [0, 0.1) is 13.8 Å². The summed E-state index contributed by atoms with van der Waals surface area (Å²) in [6, 6.07) is 13.3. The molecule has 0 aliphatic carbocycles. The van der Waals surface area contributed by atoms with Crippen LogP contribution in [-0.2, 0) is 11.3 Å². The van der Waals surface area contributed by atoms with Crippen LogP contribution in [0.3, 0.4) is 0 Å². The van der Waals surface area contributed by atoms with Crippen molar-refractivity contribution in [2.45, 2.75) is 25.5 Å². The zero-order chi connectivity index (χ0) is 24.2. The minimum atomic E-state index is -0.161. The van der Waals surface area contributed by atoms with E-state index in [0.717, 1.165) is 22.4 Å². The molecule has 2 aromatic carbocycles. The normalized spacial score (nSPS) is 10.9. The highest BCUT2D eigenvalue weighted by Crippen LogP contribution is 2.28. The molecular formula is C25H25N3O4S2. The summed E-state index contributed by atoms with van der Waals surface area (Å²) in [6.07, 6.45) is 0. The molecule has 0 spiro atoms. The number of thioether (sulfide) groups is 1. The Labute approximate surface area is 205 Å². The van der Waals surface area contributed by atoms with Crippen molar-refractivity contribution in [3.05, 3.63) is 74.9 Å². The lowest BCUT2D eigenvalue weighted by molar-refractivity contribution is -0.118. The number of aromatic nitrogens is 2. The molecule has 0 aliphatic rings. The van der Waals surface area contributed by atoms with Crippen molar-refractivity contribution >= 4 is 39.2 Å². The molecule has 0 atom stereocenters. The van der Waals surface area contributed by atoms with Crippen molar-refractivity contribution in [3.8, 4) is 17.2 Å². The van der Waals surface area contributed by atoms with Gasteiger partial charge in [-0.15, -0.1) is 11.3 Å². The Bertz CT molecular complexity index is 1410. The lowest BCUT2D eigenvalue weighted by Gasteiger charge is -2.15. The molecule has 0 bridgehead atoms. The molecule has 1 N–H and O–H groups in total. The molecule has 1 amide bonds. The van der Waals surface area contributed by atoms with E-state index in [4.69, 9.17) is 14.5 Å². The standard InChI is InChI=1S/C25H25N3O4S2/c1-15-5-7-19(16(2)11-15)28-24(30)23-18(9-10-33-23)27-25(28)34-14-22(29)26-13-17-6-8-20(31-3)21(12-17)32-4/h5-12H,13-14H2,1-4H3,(H,26,29). The molecule has 2 heterocycles. The van der Waals surface area contributed by atoms with Gasteiger partial charge in [0.2, 0.25) is 5.91 Å². The van der Waals surface area contributed by atoms with Crippen molar-refractivity contribution in [2.75, 3.05) is 20.0 Å². The molecule has 9 heteroatoms. The smallest absolute Gasteiger partial charge is 0.276 e. The summed E-state index contributed by atoms with van der Waals surface area (Å²) in [4.78, 5) is 30.6. The number of nitrogens with zero attached hydrogens (tertiary/aromatic N) is 2. The monoisotopic (exact) mass is 495 g/mol. The molecule has 0 unspecified atom stereocenters. The first kappa shape index (κ1) is 23.8. The number of aryl methyl sites for hydroxylation is 2. The average Bonchev–Trinajstić information content (AvgIpc) is 3.31. The summed E-state index contributed by atoms with van der Waals surface area (Å²) in [6.45, 7) is 4.33. The molecular weight excluding hydrogens is 470 g/mol. The second kappa shape index (κ2) is 10.3. The highest BCUT2D eigenvalue weighted by molar-refractivity contribution is 7.99. The van der Waals surface area contributed by atoms with Crippen LogP contribution >= 0.6 is 23.1 Å². The molecule has 0 fully saturated rings. The van der Waals surface area contributed by atoms with E-state index in [9.17, 15) is 9.59 Å². The minimum absolute atomic E-state index is 0.125. The molecule has 7 nitrogen and oxygen atoms in total. The number of fused-ring (bicyclic) bond motifs is 1. The Morgan fingerprint density at radius 2 is 1.88 bits per heavy atom. The SMILES string of the molecule is COc1ccc(CNC(=O)CSc2nc3ccsc3c(=O)n2-c2ccc(C)cc2C)cc1OC. The summed E-state index contributed by atoms with van der Waals surface area (Å²) < 4.78 is 12.8. The predicted octanol–water partition coefficient (Wildman–Crippen LogP) is 4.49. The van der Waals surface area contributed by atoms with E-state index in [1.165, 1.54) is 23.1 Å². The van der Waals surface area contributed by atoms with Gasteiger partial charge in [0.05, 0.1) is 31.2 Å². The van der Waals surface area contributed by atoms with Gasteiger partial charge in [-0.25, -0.2) is 4.98 Å². The second-order valence-electron chi connectivity index (χ2n) is 7.71. The molecule has 0 saturated heterocycles. The van der Waals surface area contributed by atoms with Crippen LogP contribution in [0.25, 0.3) is 15.9 Å². The Morgan fingerprint density at radius 1 is 1.09 bits per heavy atom. The van der Waals surface area contributed by atoms with Gasteiger partial charge in [0.1, 0.15) is 4.70 Å². The lowest BCUT2D eigenvalue weighted by atomic mass is 10.1. The van der Waals surface area contributed by atoms with Crippen molar-refractivity contribution in [2.24, 2.45) is 0 Å². The maximum Gasteiger partial charge on any atom is 0.276 e. The van der Waals surface area contributed by atoms with E-state index in [1.807, 2.05) is 55.6 Å². The predicted molar refractivity (Wildman–Crippen MR) is 137 cm³/mol. The Balaban J connectivity index is 1.54. The third-order valence-corrected chi connectivity index (χ3v) is 7.14. The largest absolute Gasteiger partial charge is 0.493 e. The first-order valence-corrected chi connectivity index (χ1v) is 12.5. The number of thiophene rings is 1. The second-order valence-corrected chi connectivity index (χ2v) is 9.57. The zero-order valence-electron chi connectivity index (χ0n) is 19.4. The van der Waals surface area contributed by atoms with Gasteiger partial charge in [-0.1, -0.05) is 35.5 Å². The molecule has 176 valence electrons. The molecule has 0 radical (unpaired) electrons. The molecule has 0 saturated carbocycles. The third kappa shape index (κ3) is 4.95. The number of nitrogens with one attached hydrogen (secondary N) is 1. The number of carbonyl (C=O) groups is 1. The number of hydrogen-bond acceptors (Lipinski definition) is 7. The minimum Gasteiger partial charge on any atom is -0.493 e. The topological polar surface area (TPSA) is 82.5 Å². The van der Waals surface area contributed by atoms with Crippen LogP contribution < -0.4 is 20.3 Å². The van der Waals surface area contributed by atoms with Crippen molar-refractivity contribution < 1.29 is 14.3 Å². The van der Waals surface area contributed by atoms with Crippen LogP contribution in [0.4, 0.5) is 0 Å². The number of carbonyl (C=O) groups excluding carboxylic acids is 1. The van der Waals surface area contributed by atoms with Crippen LogP contribution in [0.5, 0.6) is 11.5 Å². The van der Waals surface area contributed by atoms with Crippen molar-refractivity contribution in [1.29, 1.82) is 0 Å². The number of rotatable bonds is 8. The summed E-state index contributed by atoms with van der Waals surface area (Å²) in [5.41, 5.74) is 4.26. The van der Waals surface area contributed by atoms with E-state index < -0.39 is 0 Å². The van der Waals surface area contributed by atoms with E-state index in [2.05, 4.69) is 5.32 Å². The maximum absolute atomic E-state index is 13.3. The van der Waals surface area contributed by atoms with Crippen molar-refractivity contribution in [3.63, 3.8) is 0 Å². The number of amides is 1. The Kier molecular flexibility index (Phi) is 7.23. The maximum atomic E-state index is 13.3. The first-order chi connectivity index (χ1) is 16.4. The van der Waals surface area contributed by atoms with E-state index in [1.54, 1.807) is 24.9 Å².